The van der Waals surface area contributed by atoms with Gasteiger partial charge in [-0.15, -0.1) is 0 Å². The van der Waals surface area contributed by atoms with Crippen LogP contribution in [0.3, 0.4) is 0 Å². The maximum Gasteiger partial charge on any atom is 0.314 e. The highest BCUT2D eigenvalue weighted by molar-refractivity contribution is 5.76. The summed E-state index contributed by atoms with van der Waals surface area (Å²) in [7, 11) is 0. The molecule has 2 saturated carbocycles. The van der Waals surface area contributed by atoms with Gasteiger partial charge in [0.05, 0.1) is 19.1 Å². The normalized spacial score (nSPS) is 21.0. The first kappa shape index (κ1) is 36.6. The van der Waals surface area contributed by atoms with Gasteiger partial charge in [-0.25, -0.2) is 13.2 Å². The Morgan fingerprint density at radius 1 is 0.571 bits per heavy atom. The largest absolute Gasteiger partial charge is 0.490 e. The van der Waals surface area contributed by atoms with Gasteiger partial charge in [0.15, 0.2) is 34.7 Å². The van der Waals surface area contributed by atoms with Crippen LogP contribution in [0.25, 0.3) is 11.1 Å². The van der Waals surface area contributed by atoms with Crippen LogP contribution in [0.2, 0.25) is 0 Å². The quantitative estimate of drug-likeness (QED) is 0.0775. The number of unbranched alkanes of at least 4 members (excludes halogenated alkanes) is 2. The van der Waals surface area contributed by atoms with Gasteiger partial charge in [0.2, 0.25) is 17.5 Å². The number of rotatable bonds is 13. The summed E-state index contributed by atoms with van der Waals surface area (Å²) in [6.07, 6.45) is 8.92. The molecule has 2 aliphatic carbocycles. The van der Waals surface area contributed by atoms with Crippen molar-refractivity contribution >= 4 is 5.97 Å². The number of hydrogen-bond acceptors (Lipinski definition) is 4. The summed E-state index contributed by atoms with van der Waals surface area (Å²) in [6.45, 7) is 4.45. The Morgan fingerprint density at radius 2 is 1.02 bits per heavy atom. The number of halogens is 6. The molecule has 0 unspecified atom stereocenters. The number of hydrogen-bond donors (Lipinski definition) is 0. The van der Waals surface area contributed by atoms with Crippen molar-refractivity contribution in [3.8, 4) is 28.4 Å². The van der Waals surface area contributed by atoms with E-state index < -0.39 is 63.7 Å². The highest BCUT2D eigenvalue weighted by Gasteiger charge is 2.35. The molecule has 49 heavy (non-hydrogen) atoms. The van der Waals surface area contributed by atoms with Crippen LogP contribution >= 0.6 is 0 Å². The van der Waals surface area contributed by atoms with Crippen LogP contribution < -0.4 is 14.2 Å². The van der Waals surface area contributed by atoms with Crippen LogP contribution in [0.5, 0.6) is 17.2 Å². The van der Waals surface area contributed by atoms with Crippen molar-refractivity contribution in [1.82, 2.24) is 0 Å². The molecule has 2 aliphatic rings. The van der Waals surface area contributed by atoms with E-state index in [-0.39, 0.29) is 24.0 Å². The Bertz CT molecular complexity index is 1600. The van der Waals surface area contributed by atoms with Gasteiger partial charge in [-0.05, 0) is 118 Å². The van der Waals surface area contributed by atoms with Gasteiger partial charge in [0, 0.05) is 11.1 Å². The lowest BCUT2D eigenvalue weighted by molar-refractivity contribution is -0.140. The first-order valence-electron chi connectivity index (χ1n) is 17.6. The summed E-state index contributed by atoms with van der Waals surface area (Å²) in [4.78, 5) is 13.0. The average molecular weight is 691 g/mol. The molecule has 0 spiro atoms. The minimum Gasteiger partial charge on any atom is -0.490 e. The molecule has 0 heterocycles. The van der Waals surface area contributed by atoms with Crippen molar-refractivity contribution in [3.05, 3.63) is 76.9 Å². The molecule has 0 aromatic heterocycles. The molecule has 0 radical (unpaired) electrons. The minimum absolute atomic E-state index is 0.0507. The van der Waals surface area contributed by atoms with E-state index in [0.29, 0.717) is 43.3 Å². The molecule has 0 aliphatic heterocycles. The lowest BCUT2D eigenvalue weighted by Gasteiger charge is -2.37. The number of esters is 1. The summed E-state index contributed by atoms with van der Waals surface area (Å²) < 4.78 is 105. The summed E-state index contributed by atoms with van der Waals surface area (Å²) in [6, 6.07) is 7.55. The third-order valence-corrected chi connectivity index (χ3v) is 10.2. The fourth-order valence-corrected chi connectivity index (χ4v) is 7.22. The standard InChI is InChI=1S/C39H44F6O4/c1-3-5-21-47-30-18-15-27(33(40)36(30)43)25-11-7-23(8-12-25)24-9-13-26(14-10-24)39(46)49-32-20-17-29(35(42)38(32)45)28-16-19-31(37(44)34(28)41)48-22-6-4-2/h15-20,23-26H,3-14,21-22H2,1-2H3. The first-order valence-corrected chi connectivity index (χ1v) is 17.6. The van der Waals surface area contributed by atoms with Crippen molar-refractivity contribution in [2.24, 2.45) is 17.8 Å². The molecule has 0 atom stereocenters. The molecule has 4 nitrogen and oxygen atoms in total. The van der Waals surface area contributed by atoms with E-state index in [2.05, 4.69) is 0 Å². The van der Waals surface area contributed by atoms with E-state index in [4.69, 9.17) is 14.2 Å². The van der Waals surface area contributed by atoms with Crippen molar-refractivity contribution in [2.45, 2.75) is 96.8 Å². The molecule has 3 aromatic carbocycles. The Morgan fingerprint density at radius 3 is 1.55 bits per heavy atom. The second kappa shape index (κ2) is 16.8. The van der Waals surface area contributed by atoms with Crippen LogP contribution in [0.4, 0.5) is 26.3 Å². The molecular formula is C39H44F6O4. The highest BCUT2D eigenvalue weighted by Crippen LogP contribution is 2.45. The lowest BCUT2D eigenvalue weighted by atomic mass is 9.68. The fourth-order valence-electron chi connectivity index (χ4n) is 7.22. The van der Waals surface area contributed by atoms with Crippen molar-refractivity contribution in [2.75, 3.05) is 13.2 Å². The van der Waals surface area contributed by atoms with Gasteiger partial charge in [-0.1, -0.05) is 32.8 Å². The van der Waals surface area contributed by atoms with Crippen molar-refractivity contribution < 1.29 is 45.3 Å². The molecule has 0 amide bonds. The monoisotopic (exact) mass is 690 g/mol. The molecule has 0 N–H and O–H groups in total. The Labute approximate surface area is 284 Å². The van der Waals surface area contributed by atoms with Gasteiger partial charge in [0.25, 0.3) is 0 Å². The molecule has 2 fully saturated rings. The van der Waals surface area contributed by atoms with E-state index in [1.54, 1.807) is 6.07 Å². The van der Waals surface area contributed by atoms with Crippen LogP contribution in [0, 0.1) is 52.7 Å². The van der Waals surface area contributed by atoms with Crippen LogP contribution in [0.15, 0.2) is 36.4 Å². The number of ether oxygens (including phenoxy) is 3. The molecule has 0 bridgehead atoms. The number of carbonyl (C=O) groups excluding carboxylic acids is 1. The van der Waals surface area contributed by atoms with Gasteiger partial charge in [-0.3, -0.25) is 4.79 Å². The molecule has 10 heteroatoms. The van der Waals surface area contributed by atoms with Gasteiger partial charge in [0.1, 0.15) is 0 Å². The van der Waals surface area contributed by atoms with E-state index in [1.807, 2.05) is 13.8 Å². The van der Waals surface area contributed by atoms with Gasteiger partial charge < -0.3 is 14.2 Å². The van der Waals surface area contributed by atoms with E-state index in [0.717, 1.165) is 76.0 Å². The molecule has 266 valence electrons. The second-order valence-corrected chi connectivity index (χ2v) is 13.3. The maximum absolute atomic E-state index is 15.1. The topological polar surface area (TPSA) is 44.8 Å². The summed E-state index contributed by atoms with van der Waals surface area (Å²) in [5.74, 6) is -8.78. The maximum atomic E-state index is 15.1. The van der Waals surface area contributed by atoms with Gasteiger partial charge in [-0.2, -0.15) is 13.2 Å². The summed E-state index contributed by atoms with van der Waals surface area (Å²) >= 11 is 0. The first-order chi connectivity index (χ1) is 23.6. The molecule has 3 aromatic rings. The average Bonchev–Trinajstić information content (AvgIpc) is 3.11. The zero-order chi connectivity index (χ0) is 35.1. The molecular weight excluding hydrogens is 646 g/mol. The predicted molar refractivity (Wildman–Crippen MR) is 175 cm³/mol. The third kappa shape index (κ3) is 8.38. The lowest BCUT2D eigenvalue weighted by Crippen LogP contribution is -2.30. The van der Waals surface area contributed by atoms with Crippen molar-refractivity contribution in [3.63, 3.8) is 0 Å². The summed E-state index contributed by atoms with van der Waals surface area (Å²) in [5, 5.41) is 0. The van der Waals surface area contributed by atoms with Crippen molar-refractivity contribution in [1.29, 1.82) is 0 Å². The third-order valence-electron chi connectivity index (χ3n) is 10.2. The van der Waals surface area contributed by atoms with Crippen LogP contribution in [0.1, 0.15) is 102 Å². The van der Waals surface area contributed by atoms with E-state index in [9.17, 15) is 22.4 Å². The second-order valence-electron chi connectivity index (χ2n) is 13.3. The number of benzene rings is 3. The van der Waals surface area contributed by atoms with Gasteiger partial charge >= 0.3 is 5.97 Å². The molecule has 5 rings (SSSR count). The van der Waals surface area contributed by atoms with E-state index >= 15 is 8.78 Å². The Hall–Kier alpha value is -3.69. The minimum atomic E-state index is -1.46. The Kier molecular flexibility index (Phi) is 12.6. The SMILES string of the molecule is CCCCOc1ccc(-c2ccc(OC(=O)C3CCC(C4CCC(c5ccc(OCCCC)c(F)c5F)CC4)CC3)c(F)c2F)c(F)c1F. The zero-order valence-electron chi connectivity index (χ0n) is 28.1. The summed E-state index contributed by atoms with van der Waals surface area (Å²) in [5.41, 5.74) is -0.598. The molecule has 0 saturated heterocycles. The predicted octanol–water partition coefficient (Wildman–Crippen LogP) is 11.2. The van der Waals surface area contributed by atoms with E-state index in [1.165, 1.54) is 12.1 Å². The van der Waals surface area contributed by atoms with Crippen LogP contribution in [-0.2, 0) is 4.79 Å². The van der Waals surface area contributed by atoms with Crippen LogP contribution in [-0.4, -0.2) is 19.2 Å². The Balaban J connectivity index is 1.13. The zero-order valence-corrected chi connectivity index (χ0v) is 28.1. The fraction of sp³-hybridized carbons (Fsp3) is 0.513. The number of carbonyl (C=O) groups is 1. The smallest absolute Gasteiger partial charge is 0.314 e. The highest BCUT2D eigenvalue weighted by atomic mass is 19.2.